The van der Waals surface area contributed by atoms with Crippen molar-refractivity contribution >= 4 is 5.91 Å². The zero-order valence-corrected chi connectivity index (χ0v) is 11.2. The van der Waals surface area contributed by atoms with E-state index in [1.165, 1.54) is 36.8 Å². The fourth-order valence-corrected chi connectivity index (χ4v) is 4.34. The molecule has 100 valence electrons. The Morgan fingerprint density at radius 3 is 2.84 bits per heavy atom. The summed E-state index contributed by atoms with van der Waals surface area (Å²) in [5.41, 5.74) is 3.15. The summed E-state index contributed by atoms with van der Waals surface area (Å²) in [6, 6.07) is 9.06. The highest BCUT2D eigenvalue weighted by Gasteiger charge is 2.47. The number of carbonyl (C=O) groups excluding carboxylic acids is 1. The third-order valence-electron chi connectivity index (χ3n) is 5.24. The molecule has 1 unspecified atom stereocenters. The van der Waals surface area contributed by atoms with Crippen LogP contribution in [0.25, 0.3) is 0 Å². The molecular weight excluding hydrogens is 236 g/mol. The first-order valence-electron chi connectivity index (χ1n) is 7.40. The van der Waals surface area contributed by atoms with E-state index in [1.54, 1.807) is 0 Å². The van der Waals surface area contributed by atoms with Crippen molar-refractivity contribution in [3.63, 3.8) is 0 Å². The molecule has 2 heterocycles. The molecule has 1 aromatic rings. The second kappa shape index (κ2) is 4.07. The summed E-state index contributed by atoms with van der Waals surface area (Å²) in [4.78, 5) is 14.4. The Hall–Kier alpha value is -1.35. The average Bonchev–Trinajstić information content (AvgIpc) is 2.90. The molecule has 1 amide bonds. The maximum atomic E-state index is 12.2. The number of amides is 1. The van der Waals surface area contributed by atoms with E-state index >= 15 is 0 Å². The number of nitrogens with zero attached hydrogens (tertiary/aromatic N) is 1. The van der Waals surface area contributed by atoms with Crippen molar-refractivity contribution in [3.05, 3.63) is 35.4 Å². The Bertz CT molecular complexity index is 519. The molecule has 1 atom stereocenters. The quantitative estimate of drug-likeness (QED) is 0.770. The van der Waals surface area contributed by atoms with Crippen LogP contribution >= 0.6 is 0 Å². The van der Waals surface area contributed by atoms with Gasteiger partial charge in [-0.15, -0.1) is 0 Å². The van der Waals surface area contributed by atoms with Crippen molar-refractivity contribution in [2.45, 2.75) is 37.1 Å². The fourth-order valence-electron chi connectivity index (χ4n) is 4.34. The molecule has 1 spiro atoms. The van der Waals surface area contributed by atoms with Crippen molar-refractivity contribution in [1.29, 1.82) is 0 Å². The van der Waals surface area contributed by atoms with Gasteiger partial charge in [0, 0.05) is 18.5 Å². The van der Waals surface area contributed by atoms with Gasteiger partial charge in [0.1, 0.15) is 0 Å². The molecular formula is C16H20N2O. The predicted octanol–water partition coefficient (Wildman–Crippen LogP) is 1.98. The van der Waals surface area contributed by atoms with Gasteiger partial charge in [0.25, 0.3) is 0 Å². The van der Waals surface area contributed by atoms with Gasteiger partial charge in [0.2, 0.25) is 5.91 Å². The van der Waals surface area contributed by atoms with E-state index in [1.807, 2.05) is 0 Å². The van der Waals surface area contributed by atoms with E-state index < -0.39 is 0 Å². The normalized spacial score (nSPS) is 28.3. The minimum Gasteiger partial charge on any atom is -0.332 e. The highest BCUT2D eigenvalue weighted by Crippen LogP contribution is 2.49. The van der Waals surface area contributed by atoms with Crippen LogP contribution in [0, 0.1) is 0 Å². The number of rotatable bonds is 0. The van der Waals surface area contributed by atoms with E-state index in [0.717, 1.165) is 13.1 Å². The standard InChI is InChI=1S/C16H20N2O/c19-15-10-17-9-14-12-5-1-2-6-13(12)16(11-18(14)15)7-3-4-8-16/h1-2,5-6,14,17H,3-4,7-11H2. The molecule has 1 aliphatic carbocycles. The van der Waals surface area contributed by atoms with Crippen molar-refractivity contribution in [2.75, 3.05) is 19.6 Å². The molecule has 2 aliphatic heterocycles. The molecule has 1 saturated carbocycles. The molecule has 0 aromatic heterocycles. The summed E-state index contributed by atoms with van der Waals surface area (Å²) in [6.07, 6.45) is 5.10. The minimum atomic E-state index is 0.250. The summed E-state index contributed by atoms with van der Waals surface area (Å²) in [5.74, 6) is 0.275. The van der Waals surface area contributed by atoms with Gasteiger partial charge in [-0.1, -0.05) is 37.1 Å². The fraction of sp³-hybridized carbons (Fsp3) is 0.562. The molecule has 3 heteroatoms. The van der Waals surface area contributed by atoms with Crippen LogP contribution in [0.15, 0.2) is 24.3 Å². The lowest BCUT2D eigenvalue weighted by atomic mass is 9.71. The summed E-state index contributed by atoms with van der Waals surface area (Å²) in [7, 11) is 0. The van der Waals surface area contributed by atoms with Gasteiger partial charge < -0.3 is 10.2 Å². The van der Waals surface area contributed by atoms with Gasteiger partial charge in [-0.05, 0) is 24.0 Å². The van der Waals surface area contributed by atoms with Gasteiger partial charge in [0.15, 0.2) is 0 Å². The van der Waals surface area contributed by atoms with Crippen LogP contribution < -0.4 is 5.32 Å². The summed E-state index contributed by atoms with van der Waals surface area (Å²) in [5, 5.41) is 3.26. The van der Waals surface area contributed by atoms with Crippen molar-refractivity contribution in [3.8, 4) is 0 Å². The first kappa shape index (κ1) is 11.5. The topological polar surface area (TPSA) is 32.3 Å². The van der Waals surface area contributed by atoms with Crippen molar-refractivity contribution in [1.82, 2.24) is 10.2 Å². The summed E-state index contributed by atoms with van der Waals surface area (Å²) >= 11 is 0. The lowest BCUT2D eigenvalue weighted by Crippen LogP contribution is -2.57. The van der Waals surface area contributed by atoms with Crippen LogP contribution in [0.1, 0.15) is 42.9 Å². The first-order chi connectivity index (χ1) is 9.30. The number of fused-ring (bicyclic) bond motifs is 4. The zero-order valence-electron chi connectivity index (χ0n) is 11.2. The van der Waals surface area contributed by atoms with E-state index in [0.29, 0.717) is 6.54 Å². The number of carbonyl (C=O) groups is 1. The molecule has 1 saturated heterocycles. The molecule has 1 aromatic carbocycles. The van der Waals surface area contributed by atoms with Gasteiger partial charge in [-0.2, -0.15) is 0 Å². The van der Waals surface area contributed by atoms with E-state index in [-0.39, 0.29) is 17.4 Å². The Morgan fingerprint density at radius 2 is 2.00 bits per heavy atom. The highest BCUT2D eigenvalue weighted by molar-refractivity contribution is 5.80. The van der Waals surface area contributed by atoms with Gasteiger partial charge >= 0.3 is 0 Å². The molecule has 0 radical (unpaired) electrons. The number of hydrogen-bond acceptors (Lipinski definition) is 2. The van der Waals surface area contributed by atoms with E-state index in [2.05, 4.69) is 34.5 Å². The minimum absolute atomic E-state index is 0.250. The summed E-state index contributed by atoms with van der Waals surface area (Å²) < 4.78 is 0. The third-order valence-corrected chi connectivity index (χ3v) is 5.24. The van der Waals surface area contributed by atoms with Crippen LogP contribution in [0.2, 0.25) is 0 Å². The lowest BCUT2D eigenvalue weighted by molar-refractivity contribution is -0.137. The van der Waals surface area contributed by atoms with Crippen molar-refractivity contribution in [2.24, 2.45) is 0 Å². The van der Waals surface area contributed by atoms with Crippen LogP contribution in [0.3, 0.4) is 0 Å². The highest BCUT2D eigenvalue weighted by atomic mass is 16.2. The monoisotopic (exact) mass is 256 g/mol. The molecule has 3 aliphatic rings. The smallest absolute Gasteiger partial charge is 0.237 e. The Kier molecular flexibility index (Phi) is 2.46. The second-order valence-electron chi connectivity index (χ2n) is 6.24. The number of hydrogen-bond donors (Lipinski definition) is 1. The number of piperazine rings is 1. The van der Waals surface area contributed by atoms with Crippen LogP contribution in [0.4, 0.5) is 0 Å². The van der Waals surface area contributed by atoms with Gasteiger partial charge in [-0.3, -0.25) is 4.79 Å². The maximum Gasteiger partial charge on any atom is 0.237 e. The summed E-state index contributed by atoms with van der Waals surface area (Å²) in [6.45, 7) is 2.35. The molecule has 1 N–H and O–H groups in total. The molecule has 19 heavy (non-hydrogen) atoms. The largest absolute Gasteiger partial charge is 0.332 e. The van der Waals surface area contributed by atoms with Crippen LogP contribution in [-0.2, 0) is 10.2 Å². The van der Waals surface area contributed by atoms with Crippen molar-refractivity contribution < 1.29 is 4.79 Å². The van der Waals surface area contributed by atoms with Gasteiger partial charge in [-0.25, -0.2) is 0 Å². The molecule has 2 fully saturated rings. The Balaban J connectivity index is 1.86. The SMILES string of the molecule is O=C1CNCC2c3ccccc3C3(CCCC3)CN12. The average molecular weight is 256 g/mol. The van der Waals surface area contributed by atoms with E-state index in [9.17, 15) is 4.79 Å². The molecule has 4 rings (SSSR count). The third kappa shape index (κ3) is 1.57. The number of nitrogens with one attached hydrogen (secondary N) is 1. The van der Waals surface area contributed by atoms with E-state index in [4.69, 9.17) is 0 Å². The zero-order chi connectivity index (χ0) is 12.9. The van der Waals surface area contributed by atoms with Crippen LogP contribution in [-0.4, -0.2) is 30.4 Å². The molecule has 3 nitrogen and oxygen atoms in total. The maximum absolute atomic E-state index is 12.2. The number of benzene rings is 1. The second-order valence-corrected chi connectivity index (χ2v) is 6.24. The first-order valence-corrected chi connectivity index (χ1v) is 7.40. The Labute approximate surface area is 114 Å². The lowest BCUT2D eigenvalue weighted by Gasteiger charge is -2.49. The predicted molar refractivity (Wildman–Crippen MR) is 73.9 cm³/mol. The molecule has 0 bridgehead atoms. The van der Waals surface area contributed by atoms with Gasteiger partial charge in [0.05, 0.1) is 12.6 Å². The Morgan fingerprint density at radius 1 is 1.21 bits per heavy atom. The van der Waals surface area contributed by atoms with Crippen LogP contribution in [0.5, 0.6) is 0 Å².